The van der Waals surface area contributed by atoms with E-state index in [0.29, 0.717) is 27.8 Å². The molecule has 3 heterocycles. The molecule has 0 bridgehead atoms. The molecular formula is C14H13ClN4O2. The van der Waals surface area contributed by atoms with Crippen LogP contribution in [0.3, 0.4) is 0 Å². The van der Waals surface area contributed by atoms with Crippen LogP contribution in [0.5, 0.6) is 0 Å². The summed E-state index contributed by atoms with van der Waals surface area (Å²) >= 11 is 5.99. The summed E-state index contributed by atoms with van der Waals surface area (Å²) in [5, 5.41) is 3.83. The van der Waals surface area contributed by atoms with E-state index < -0.39 is 0 Å². The molecule has 4 rings (SSSR count). The molecule has 1 fully saturated rings. The van der Waals surface area contributed by atoms with E-state index >= 15 is 0 Å². The minimum absolute atomic E-state index is 0.158. The molecule has 2 aromatic heterocycles. The summed E-state index contributed by atoms with van der Waals surface area (Å²) in [6.07, 6.45) is 0. The molecule has 0 unspecified atom stereocenters. The lowest BCUT2D eigenvalue weighted by molar-refractivity contribution is 0.580. The number of hydrogen-bond donors (Lipinski definition) is 1. The van der Waals surface area contributed by atoms with E-state index in [4.69, 9.17) is 16.0 Å². The predicted octanol–water partition coefficient (Wildman–Crippen LogP) is 1.50. The molecule has 0 saturated carbocycles. The predicted molar refractivity (Wildman–Crippen MR) is 81.3 cm³/mol. The molecule has 1 aromatic carbocycles. The summed E-state index contributed by atoms with van der Waals surface area (Å²) in [4.78, 5) is 19.0. The Bertz CT molecular complexity index is 880. The number of anilines is 1. The van der Waals surface area contributed by atoms with Crippen molar-refractivity contribution in [2.75, 3.05) is 31.1 Å². The van der Waals surface area contributed by atoms with Crippen molar-refractivity contribution >= 4 is 34.4 Å². The largest absolute Gasteiger partial charge is 0.423 e. The van der Waals surface area contributed by atoms with E-state index in [1.54, 1.807) is 24.3 Å². The third-order valence-corrected chi connectivity index (χ3v) is 3.91. The standard InChI is InChI=1S/C14H13ClN4O2/c15-9-1-2-11-10(7-9)19-13(20)8-12(17-14(19)21-11)18-5-3-16-4-6-18/h1-2,7-8,16H,3-6H2. The molecule has 1 N–H and O–H groups in total. The van der Waals surface area contributed by atoms with E-state index in [-0.39, 0.29) is 5.56 Å². The summed E-state index contributed by atoms with van der Waals surface area (Å²) in [6.45, 7) is 3.43. The van der Waals surface area contributed by atoms with Gasteiger partial charge in [-0.1, -0.05) is 11.6 Å². The van der Waals surface area contributed by atoms with E-state index in [2.05, 4.69) is 15.2 Å². The molecule has 0 spiro atoms. The van der Waals surface area contributed by atoms with Crippen LogP contribution in [0.15, 0.2) is 33.5 Å². The number of aromatic nitrogens is 2. The minimum Gasteiger partial charge on any atom is -0.423 e. The second-order valence-corrected chi connectivity index (χ2v) is 5.46. The Labute approximate surface area is 124 Å². The third kappa shape index (κ3) is 2.07. The first-order valence-electron chi connectivity index (χ1n) is 6.80. The molecule has 21 heavy (non-hydrogen) atoms. The Morgan fingerprint density at radius 1 is 1.24 bits per heavy atom. The number of oxazole rings is 1. The topological polar surface area (TPSA) is 62.8 Å². The first kappa shape index (κ1) is 12.7. The summed E-state index contributed by atoms with van der Waals surface area (Å²) in [5.41, 5.74) is 1.08. The fourth-order valence-electron chi connectivity index (χ4n) is 2.65. The summed E-state index contributed by atoms with van der Waals surface area (Å²) in [6, 6.07) is 6.74. The molecule has 1 aliphatic rings. The first-order chi connectivity index (χ1) is 10.2. The van der Waals surface area contributed by atoms with Gasteiger partial charge in [0, 0.05) is 37.3 Å². The fraction of sp³-hybridized carbons (Fsp3) is 0.286. The number of nitrogens with zero attached hydrogens (tertiary/aromatic N) is 3. The highest BCUT2D eigenvalue weighted by atomic mass is 35.5. The first-order valence-corrected chi connectivity index (χ1v) is 7.18. The second-order valence-electron chi connectivity index (χ2n) is 5.02. The highest BCUT2D eigenvalue weighted by Crippen LogP contribution is 2.22. The van der Waals surface area contributed by atoms with Crippen LogP contribution < -0.4 is 15.8 Å². The van der Waals surface area contributed by atoms with Crippen LogP contribution >= 0.6 is 11.6 Å². The van der Waals surface area contributed by atoms with Gasteiger partial charge in [0.2, 0.25) is 0 Å². The molecule has 0 aliphatic carbocycles. The number of hydrogen-bond acceptors (Lipinski definition) is 5. The van der Waals surface area contributed by atoms with Gasteiger partial charge in [0.25, 0.3) is 5.56 Å². The normalized spacial score (nSPS) is 16.0. The van der Waals surface area contributed by atoms with E-state index in [9.17, 15) is 4.79 Å². The Hall–Kier alpha value is -2.05. The lowest BCUT2D eigenvalue weighted by atomic mass is 10.3. The van der Waals surface area contributed by atoms with Gasteiger partial charge in [-0.2, -0.15) is 4.98 Å². The smallest absolute Gasteiger partial charge is 0.311 e. The van der Waals surface area contributed by atoms with E-state index in [1.807, 2.05) is 0 Å². The molecule has 1 saturated heterocycles. The van der Waals surface area contributed by atoms with Crippen molar-refractivity contribution in [2.45, 2.75) is 0 Å². The Balaban J connectivity index is 1.94. The lowest BCUT2D eigenvalue weighted by Gasteiger charge is -2.27. The average Bonchev–Trinajstić information content (AvgIpc) is 2.86. The van der Waals surface area contributed by atoms with Crippen molar-refractivity contribution in [1.82, 2.24) is 14.7 Å². The quantitative estimate of drug-likeness (QED) is 0.738. The van der Waals surface area contributed by atoms with Crippen LogP contribution in [-0.2, 0) is 0 Å². The van der Waals surface area contributed by atoms with Gasteiger partial charge in [-0.05, 0) is 18.2 Å². The Morgan fingerprint density at radius 3 is 2.86 bits per heavy atom. The van der Waals surface area contributed by atoms with Crippen molar-refractivity contribution in [3.05, 3.63) is 39.6 Å². The van der Waals surface area contributed by atoms with Gasteiger partial charge in [0.15, 0.2) is 5.58 Å². The van der Waals surface area contributed by atoms with Crippen molar-refractivity contribution < 1.29 is 4.42 Å². The van der Waals surface area contributed by atoms with Gasteiger partial charge >= 0.3 is 5.84 Å². The summed E-state index contributed by atoms with van der Waals surface area (Å²) in [5.74, 6) is 0.958. The number of fused-ring (bicyclic) bond motifs is 3. The number of rotatable bonds is 1. The maximum absolute atomic E-state index is 12.4. The second kappa shape index (κ2) is 4.75. The number of nitrogens with one attached hydrogen (secondary N) is 1. The minimum atomic E-state index is -0.158. The van der Waals surface area contributed by atoms with Crippen molar-refractivity contribution in [3.8, 4) is 0 Å². The van der Waals surface area contributed by atoms with Crippen molar-refractivity contribution in [1.29, 1.82) is 0 Å². The highest BCUT2D eigenvalue weighted by molar-refractivity contribution is 6.31. The van der Waals surface area contributed by atoms with Crippen molar-refractivity contribution in [2.24, 2.45) is 0 Å². The molecule has 7 heteroatoms. The van der Waals surface area contributed by atoms with Crippen LogP contribution in [0.25, 0.3) is 16.9 Å². The molecule has 6 nitrogen and oxygen atoms in total. The molecule has 0 radical (unpaired) electrons. The molecule has 108 valence electrons. The Morgan fingerprint density at radius 2 is 2.05 bits per heavy atom. The molecule has 3 aromatic rings. The van der Waals surface area contributed by atoms with Gasteiger partial charge < -0.3 is 14.6 Å². The molecular weight excluding hydrogens is 292 g/mol. The van der Waals surface area contributed by atoms with Gasteiger partial charge in [-0.25, -0.2) is 4.40 Å². The van der Waals surface area contributed by atoms with Gasteiger partial charge in [-0.15, -0.1) is 0 Å². The SMILES string of the molecule is O=c1cc(N2CCNCC2)nc2oc3ccc(Cl)cc3n12. The third-order valence-electron chi connectivity index (χ3n) is 3.68. The molecule has 0 amide bonds. The maximum Gasteiger partial charge on any atom is 0.311 e. The van der Waals surface area contributed by atoms with Crippen LogP contribution in [0, 0.1) is 0 Å². The summed E-state index contributed by atoms with van der Waals surface area (Å²) in [7, 11) is 0. The van der Waals surface area contributed by atoms with Gasteiger partial charge in [-0.3, -0.25) is 4.79 Å². The maximum atomic E-state index is 12.4. The van der Waals surface area contributed by atoms with E-state index in [0.717, 1.165) is 26.2 Å². The Kier molecular flexibility index (Phi) is 2.87. The zero-order valence-electron chi connectivity index (χ0n) is 11.2. The lowest BCUT2D eigenvalue weighted by Crippen LogP contribution is -2.44. The average molecular weight is 305 g/mol. The van der Waals surface area contributed by atoms with Crippen LogP contribution in [0.2, 0.25) is 5.02 Å². The molecule has 0 atom stereocenters. The summed E-state index contributed by atoms with van der Waals surface area (Å²) < 4.78 is 7.12. The van der Waals surface area contributed by atoms with Crippen molar-refractivity contribution in [3.63, 3.8) is 0 Å². The van der Waals surface area contributed by atoms with Gasteiger partial charge in [0.05, 0.1) is 5.52 Å². The van der Waals surface area contributed by atoms with Crippen LogP contribution in [-0.4, -0.2) is 35.6 Å². The number of piperazine rings is 1. The zero-order chi connectivity index (χ0) is 14.4. The van der Waals surface area contributed by atoms with Gasteiger partial charge in [0.1, 0.15) is 5.82 Å². The number of benzene rings is 1. The van der Waals surface area contributed by atoms with Crippen LogP contribution in [0.4, 0.5) is 5.82 Å². The number of halogens is 1. The van der Waals surface area contributed by atoms with E-state index in [1.165, 1.54) is 4.40 Å². The van der Waals surface area contributed by atoms with Crippen LogP contribution in [0.1, 0.15) is 0 Å². The fourth-order valence-corrected chi connectivity index (χ4v) is 2.81. The zero-order valence-corrected chi connectivity index (χ0v) is 11.9. The highest BCUT2D eigenvalue weighted by Gasteiger charge is 2.16. The monoisotopic (exact) mass is 304 g/mol. The molecule has 1 aliphatic heterocycles.